The molecule has 3 N–H and O–H groups in total. The number of nitrogens with zero attached hydrogens (tertiary/aromatic N) is 1. The fourth-order valence-electron chi connectivity index (χ4n) is 1.33. The lowest BCUT2D eigenvalue weighted by molar-refractivity contribution is 0.140. The van der Waals surface area contributed by atoms with Gasteiger partial charge in [-0.2, -0.15) is 5.50 Å². The highest BCUT2D eigenvalue weighted by molar-refractivity contribution is 7.88. The average Bonchev–Trinajstić information content (AvgIpc) is 2.43. The fraction of sp³-hybridized carbons (Fsp3) is 0.857. The van der Waals surface area contributed by atoms with E-state index in [0.717, 1.165) is 12.7 Å². The summed E-state index contributed by atoms with van der Waals surface area (Å²) in [6.45, 7) is 0.779. The summed E-state index contributed by atoms with van der Waals surface area (Å²) in [4.78, 5) is 13.5. The second-order valence-corrected chi connectivity index (χ2v) is 6.48. The van der Waals surface area contributed by atoms with E-state index in [4.69, 9.17) is 15.3 Å². The average molecular weight is 207 g/mol. The first-order valence-corrected chi connectivity index (χ1v) is 6.44. The number of aliphatic hydroxyl groups excluding tert-OH is 1. The van der Waals surface area contributed by atoms with Crippen LogP contribution in [0.4, 0.5) is 4.79 Å². The van der Waals surface area contributed by atoms with Crippen LogP contribution in [0.2, 0.25) is 0 Å². The number of hydrogen-bond acceptors (Lipinski definition) is 5. The zero-order valence-electron chi connectivity index (χ0n) is 7.77. The van der Waals surface area contributed by atoms with Crippen molar-refractivity contribution in [1.29, 1.82) is 0 Å². The van der Waals surface area contributed by atoms with Gasteiger partial charge in [0.05, 0.1) is 6.61 Å². The molecule has 1 fully saturated rings. The van der Waals surface area contributed by atoms with Crippen LogP contribution in [0.5, 0.6) is 0 Å². The molecule has 1 heterocycles. The minimum Gasteiger partial charge on any atom is -0.433 e. The van der Waals surface area contributed by atoms with Gasteiger partial charge < -0.3 is 9.84 Å². The number of carbonyl (C=O) groups is 1. The Morgan fingerprint density at radius 2 is 2.46 bits per heavy atom. The van der Waals surface area contributed by atoms with E-state index in [1.54, 1.807) is 0 Å². The summed E-state index contributed by atoms with van der Waals surface area (Å²) in [5, 5.41) is 8.48. The third-order valence-electron chi connectivity index (χ3n) is 2.05. The van der Waals surface area contributed by atoms with Crippen LogP contribution in [0, 0.1) is 0 Å². The van der Waals surface area contributed by atoms with E-state index in [2.05, 4.69) is 0 Å². The highest BCUT2D eigenvalue weighted by Crippen LogP contribution is 2.55. The molecular weight excluding hydrogens is 191 g/mol. The van der Waals surface area contributed by atoms with Crippen molar-refractivity contribution in [2.75, 3.05) is 39.3 Å². The van der Waals surface area contributed by atoms with Gasteiger partial charge in [-0.15, -0.1) is 0 Å². The smallest absolute Gasteiger partial charge is 0.433 e. The molecule has 0 aromatic heterocycles. The maximum Gasteiger partial charge on any atom is 0.469 e. The lowest BCUT2D eigenvalue weighted by atomic mass is 10.7. The largest absolute Gasteiger partial charge is 0.469 e. The number of carbonyl (C=O) groups excluding carboxylic acids is 1. The Balaban J connectivity index is 2.45. The Kier molecular flexibility index (Phi) is 3.62. The molecule has 6 heteroatoms. The number of ether oxygens (including phenoxy) is 1. The monoisotopic (exact) mass is 207 g/mol. The summed E-state index contributed by atoms with van der Waals surface area (Å²) in [6.07, 6.45) is 1.37. The highest BCUT2D eigenvalue weighted by atomic mass is 31.2. The van der Waals surface area contributed by atoms with Crippen molar-refractivity contribution in [3.63, 3.8) is 0 Å². The summed E-state index contributed by atoms with van der Waals surface area (Å²) in [5.41, 5.74) is 5.65. The highest BCUT2D eigenvalue weighted by Gasteiger charge is 2.50. The van der Waals surface area contributed by atoms with Gasteiger partial charge in [-0.25, -0.2) is 4.79 Å². The first-order valence-electron chi connectivity index (χ1n) is 4.21. The third kappa shape index (κ3) is 2.61. The van der Waals surface area contributed by atoms with Crippen LogP contribution < -0.4 is 5.50 Å². The number of aliphatic hydroxyl groups is 1. The molecule has 0 amide bonds. The molecule has 0 radical (unpaired) electrons. The van der Waals surface area contributed by atoms with E-state index in [9.17, 15) is 4.79 Å². The van der Waals surface area contributed by atoms with Crippen molar-refractivity contribution < 1.29 is 14.6 Å². The quantitative estimate of drug-likeness (QED) is 0.632. The molecule has 1 saturated heterocycles. The molecule has 1 unspecified atom stereocenters. The molecule has 0 saturated carbocycles. The van der Waals surface area contributed by atoms with Crippen LogP contribution in [-0.4, -0.2) is 55.0 Å². The van der Waals surface area contributed by atoms with E-state index in [0.29, 0.717) is 6.29 Å². The van der Waals surface area contributed by atoms with Crippen LogP contribution in [0.25, 0.3) is 0 Å². The normalized spacial score (nSPS) is 29.2. The summed E-state index contributed by atoms with van der Waals surface area (Å²) >= 11 is 0. The van der Waals surface area contributed by atoms with Crippen molar-refractivity contribution in [1.82, 2.24) is 4.90 Å². The first-order chi connectivity index (χ1) is 6.08. The molecule has 13 heavy (non-hydrogen) atoms. The molecule has 76 valence electrons. The predicted octanol–water partition coefficient (Wildman–Crippen LogP) is -0.0905. The molecule has 0 bridgehead atoms. The van der Waals surface area contributed by atoms with Crippen LogP contribution in [0.15, 0.2) is 0 Å². The van der Waals surface area contributed by atoms with Gasteiger partial charge in [0.25, 0.3) is 0 Å². The van der Waals surface area contributed by atoms with Crippen LogP contribution in [-0.2, 0) is 4.74 Å². The van der Waals surface area contributed by atoms with Gasteiger partial charge >= 0.3 is 5.71 Å². The van der Waals surface area contributed by atoms with Gasteiger partial charge in [0.2, 0.25) is 7.41 Å². The molecular formula is C7H16N2O3P+. The predicted molar refractivity (Wildman–Crippen MR) is 51.9 cm³/mol. The SMILES string of the molecule is CN1CC[P+](N)(C(=O)OCCO)C1. The third-order valence-corrected chi connectivity index (χ3v) is 4.90. The van der Waals surface area contributed by atoms with Crippen LogP contribution >= 0.6 is 7.41 Å². The topological polar surface area (TPSA) is 75.8 Å². The Labute approximate surface area is 78.2 Å². The van der Waals surface area contributed by atoms with E-state index in [-0.39, 0.29) is 18.9 Å². The van der Waals surface area contributed by atoms with Crippen molar-refractivity contribution in [2.45, 2.75) is 0 Å². The minimum atomic E-state index is -2.04. The van der Waals surface area contributed by atoms with Crippen molar-refractivity contribution >= 4 is 13.1 Å². The van der Waals surface area contributed by atoms with Crippen molar-refractivity contribution in [3.05, 3.63) is 0 Å². The van der Waals surface area contributed by atoms with Gasteiger partial charge in [0.1, 0.15) is 19.1 Å². The molecule has 0 aliphatic carbocycles. The molecule has 0 aromatic carbocycles. The lowest BCUT2D eigenvalue weighted by Gasteiger charge is -2.12. The molecule has 0 spiro atoms. The summed E-state index contributed by atoms with van der Waals surface area (Å²) in [6, 6.07) is 0. The van der Waals surface area contributed by atoms with Crippen LogP contribution in [0.3, 0.4) is 0 Å². The second-order valence-electron chi connectivity index (χ2n) is 3.32. The summed E-state index contributed by atoms with van der Waals surface area (Å²) < 4.78 is 4.84. The standard InChI is InChI=1S/C7H16N2O3P/c1-9-2-5-13(8,6-9)7(11)12-4-3-10/h10H,2-6,8H2,1H3/q+1. The van der Waals surface area contributed by atoms with Gasteiger partial charge in [-0.05, 0) is 7.05 Å². The van der Waals surface area contributed by atoms with E-state index < -0.39 is 7.41 Å². The Bertz CT molecular complexity index is 202. The lowest BCUT2D eigenvalue weighted by Crippen LogP contribution is -2.21. The van der Waals surface area contributed by atoms with Gasteiger partial charge in [0, 0.05) is 6.54 Å². The van der Waals surface area contributed by atoms with Gasteiger partial charge in [0.15, 0.2) is 0 Å². The second kappa shape index (κ2) is 4.33. The summed E-state index contributed by atoms with van der Waals surface area (Å²) in [7, 11) is -0.105. The van der Waals surface area contributed by atoms with E-state index in [1.807, 2.05) is 11.9 Å². The van der Waals surface area contributed by atoms with Gasteiger partial charge in [-0.1, -0.05) is 0 Å². The molecule has 5 nitrogen and oxygen atoms in total. The molecule has 1 aliphatic rings. The van der Waals surface area contributed by atoms with Crippen molar-refractivity contribution in [2.24, 2.45) is 5.50 Å². The summed E-state index contributed by atoms with van der Waals surface area (Å²) in [5.74, 6) is 0. The molecule has 0 aromatic rings. The minimum absolute atomic E-state index is 0.0570. The number of nitrogens with two attached hydrogens (primary N) is 1. The Morgan fingerprint density at radius 3 is 2.92 bits per heavy atom. The maximum absolute atomic E-state index is 11.4. The van der Waals surface area contributed by atoms with Crippen molar-refractivity contribution in [3.8, 4) is 0 Å². The Hall–Kier alpha value is -0.220. The molecule has 1 aliphatic heterocycles. The molecule has 1 atom stereocenters. The van der Waals surface area contributed by atoms with Crippen LogP contribution in [0.1, 0.15) is 0 Å². The maximum atomic E-state index is 11.4. The van der Waals surface area contributed by atoms with E-state index in [1.165, 1.54) is 0 Å². The number of hydrogen-bond donors (Lipinski definition) is 2. The van der Waals surface area contributed by atoms with E-state index >= 15 is 0 Å². The zero-order valence-corrected chi connectivity index (χ0v) is 8.67. The number of rotatable bonds is 3. The van der Waals surface area contributed by atoms with Gasteiger partial charge in [-0.3, -0.25) is 4.90 Å². The molecule has 1 rings (SSSR count). The first kappa shape index (κ1) is 10.9. The fourth-order valence-corrected chi connectivity index (χ4v) is 3.82. The Morgan fingerprint density at radius 1 is 1.77 bits per heavy atom. The zero-order chi connectivity index (χ0) is 9.90.